The fourth-order valence-electron chi connectivity index (χ4n) is 2.24. The maximum Gasteiger partial charge on any atom is 0.186 e. The first-order valence-electron chi connectivity index (χ1n) is 5.69. The maximum atomic E-state index is 5.68. The van der Waals surface area contributed by atoms with Crippen LogP contribution in [0.5, 0.6) is 0 Å². The van der Waals surface area contributed by atoms with Crippen molar-refractivity contribution in [3.05, 3.63) is 10.6 Å². The number of thiazole rings is 1. The molecule has 1 aliphatic rings. The minimum atomic E-state index is 0.619. The Kier molecular flexibility index (Phi) is 3.26. The number of nitrogens with two attached hydrogens (primary N) is 1. The van der Waals surface area contributed by atoms with Gasteiger partial charge in [-0.3, -0.25) is 0 Å². The molecule has 0 radical (unpaired) electrons. The van der Waals surface area contributed by atoms with Crippen LogP contribution in [0.25, 0.3) is 0 Å². The standard InChI is InChI=1S/C11H19N3S/c1-3-9-5-4-6-14(9)11-13-8(2)10(7-12)15-11/h9H,3-7,12H2,1-2H3. The number of aryl methyl sites for hydroxylation is 1. The zero-order valence-electron chi connectivity index (χ0n) is 9.49. The van der Waals surface area contributed by atoms with Crippen molar-refractivity contribution in [2.75, 3.05) is 11.4 Å². The van der Waals surface area contributed by atoms with E-state index in [4.69, 9.17) is 5.73 Å². The lowest BCUT2D eigenvalue weighted by Gasteiger charge is -2.22. The topological polar surface area (TPSA) is 42.2 Å². The number of anilines is 1. The SMILES string of the molecule is CCC1CCCN1c1nc(C)c(CN)s1. The third-order valence-electron chi connectivity index (χ3n) is 3.16. The molecule has 84 valence electrons. The van der Waals surface area contributed by atoms with Crippen LogP contribution in [0.2, 0.25) is 0 Å². The van der Waals surface area contributed by atoms with Gasteiger partial charge in [-0.15, -0.1) is 11.3 Å². The summed E-state index contributed by atoms with van der Waals surface area (Å²) in [6, 6.07) is 0.696. The minimum Gasteiger partial charge on any atom is -0.345 e. The highest BCUT2D eigenvalue weighted by Crippen LogP contribution is 2.32. The monoisotopic (exact) mass is 225 g/mol. The molecule has 2 rings (SSSR count). The largest absolute Gasteiger partial charge is 0.345 e. The minimum absolute atomic E-state index is 0.619. The fraction of sp³-hybridized carbons (Fsp3) is 0.727. The average molecular weight is 225 g/mol. The van der Waals surface area contributed by atoms with Crippen LogP contribution >= 0.6 is 11.3 Å². The van der Waals surface area contributed by atoms with Crippen LogP contribution in [0.1, 0.15) is 36.8 Å². The van der Waals surface area contributed by atoms with E-state index in [1.165, 1.54) is 29.3 Å². The number of nitrogens with zero attached hydrogens (tertiary/aromatic N) is 2. The third-order valence-corrected chi connectivity index (χ3v) is 4.38. The van der Waals surface area contributed by atoms with E-state index in [9.17, 15) is 0 Å². The summed E-state index contributed by atoms with van der Waals surface area (Å²) in [4.78, 5) is 8.31. The van der Waals surface area contributed by atoms with Crippen molar-refractivity contribution in [1.29, 1.82) is 0 Å². The van der Waals surface area contributed by atoms with Gasteiger partial charge < -0.3 is 10.6 Å². The Bertz CT molecular complexity index is 335. The Labute approximate surface area is 95.3 Å². The van der Waals surface area contributed by atoms with E-state index in [2.05, 4.69) is 23.7 Å². The van der Waals surface area contributed by atoms with Crippen molar-refractivity contribution in [2.45, 2.75) is 45.7 Å². The second-order valence-corrected chi connectivity index (χ2v) is 5.17. The molecule has 2 N–H and O–H groups in total. The molecule has 1 atom stereocenters. The molecule has 1 fully saturated rings. The van der Waals surface area contributed by atoms with Gasteiger partial charge >= 0.3 is 0 Å². The normalized spacial score (nSPS) is 21.3. The molecule has 2 heterocycles. The van der Waals surface area contributed by atoms with Gasteiger partial charge in [0.25, 0.3) is 0 Å². The first kappa shape index (κ1) is 10.9. The summed E-state index contributed by atoms with van der Waals surface area (Å²) < 4.78 is 0. The van der Waals surface area contributed by atoms with Crippen LogP contribution in [0.3, 0.4) is 0 Å². The smallest absolute Gasteiger partial charge is 0.186 e. The van der Waals surface area contributed by atoms with Crippen LogP contribution in [-0.4, -0.2) is 17.6 Å². The molecular formula is C11H19N3S. The molecule has 1 aromatic heterocycles. The van der Waals surface area contributed by atoms with Crippen molar-refractivity contribution in [2.24, 2.45) is 5.73 Å². The van der Waals surface area contributed by atoms with Crippen molar-refractivity contribution in [1.82, 2.24) is 4.98 Å². The van der Waals surface area contributed by atoms with Crippen molar-refractivity contribution >= 4 is 16.5 Å². The molecule has 0 aliphatic carbocycles. The van der Waals surface area contributed by atoms with E-state index in [1.807, 2.05) is 0 Å². The summed E-state index contributed by atoms with van der Waals surface area (Å²) in [7, 11) is 0. The number of hydrogen-bond donors (Lipinski definition) is 1. The zero-order chi connectivity index (χ0) is 10.8. The predicted octanol–water partition coefficient (Wildman–Crippen LogP) is 2.29. The molecule has 0 aromatic carbocycles. The second kappa shape index (κ2) is 4.49. The molecule has 4 heteroatoms. The van der Waals surface area contributed by atoms with Gasteiger partial charge in [-0.25, -0.2) is 4.98 Å². The summed E-state index contributed by atoms with van der Waals surface area (Å²) in [5, 5.41) is 1.18. The summed E-state index contributed by atoms with van der Waals surface area (Å²) in [6.45, 7) is 6.09. The van der Waals surface area contributed by atoms with Crippen LogP contribution in [-0.2, 0) is 6.54 Å². The van der Waals surface area contributed by atoms with Crippen LogP contribution in [0.15, 0.2) is 0 Å². The number of hydrogen-bond acceptors (Lipinski definition) is 4. The molecule has 3 nitrogen and oxygen atoms in total. The fourth-order valence-corrected chi connectivity index (χ4v) is 3.27. The maximum absolute atomic E-state index is 5.68. The van der Waals surface area contributed by atoms with Gasteiger partial charge in [-0.05, 0) is 26.2 Å². The number of rotatable bonds is 3. The predicted molar refractivity (Wildman–Crippen MR) is 65.4 cm³/mol. The highest BCUT2D eigenvalue weighted by atomic mass is 32.1. The third kappa shape index (κ3) is 2.01. The van der Waals surface area contributed by atoms with Crippen molar-refractivity contribution in [3.63, 3.8) is 0 Å². The van der Waals surface area contributed by atoms with Gasteiger partial charge in [0.2, 0.25) is 0 Å². The highest BCUT2D eigenvalue weighted by molar-refractivity contribution is 7.15. The van der Waals surface area contributed by atoms with E-state index in [0.717, 1.165) is 12.2 Å². The Morgan fingerprint density at radius 3 is 3.00 bits per heavy atom. The molecule has 0 bridgehead atoms. The van der Waals surface area contributed by atoms with Gasteiger partial charge in [-0.1, -0.05) is 6.92 Å². The summed E-state index contributed by atoms with van der Waals surface area (Å²) in [5.74, 6) is 0. The molecule has 0 amide bonds. The summed E-state index contributed by atoms with van der Waals surface area (Å²) in [5.41, 5.74) is 6.79. The van der Waals surface area contributed by atoms with E-state index < -0.39 is 0 Å². The molecular weight excluding hydrogens is 206 g/mol. The summed E-state index contributed by atoms with van der Waals surface area (Å²) >= 11 is 1.77. The molecule has 15 heavy (non-hydrogen) atoms. The quantitative estimate of drug-likeness (QED) is 0.858. The van der Waals surface area contributed by atoms with Crippen LogP contribution < -0.4 is 10.6 Å². The lowest BCUT2D eigenvalue weighted by Crippen LogP contribution is -2.28. The Morgan fingerprint density at radius 2 is 2.40 bits per heavy atom. The first-order valence-corrected chi connectivity index (χ1v) is 6.51. The highest BCUT2D eigenvalue weighted by Gasteiger charge is 2.25. The van der Waals surface area contributed by atoms with E-state index >= 15 is 0 Å². The van der Waals surface area contributed by atoms with E-state index in [-0.39, 0.29) is 0 Å². The van der Waals surface area contributed by atoms with Gasteiger partial charge in [0.05, 0.1) is 5.69 Å². The second-order valence-electron chi connectivity index (χ2n) is 4.11. The lowest BCUT2D eigenvalue weighted by molar-refractivity contribution is 0.644. The Balaban J connectivity index is 2.21. The van der Waals surface area contributed by atoms with E-state index in [1.54, 1.807) is 11.3 Å². The zero-order valence-corrected chi connectivity index (χ0v) is 10.3. The van der Waals surface area contributed by atoms with Gasteiger partial charge in [0.15, 0.2) is 5.13 Å². The van der Waals surface area contributed by atoms with Gasteiger partial charge in [0.1, 0.15) is 0 Å². The summed E-state index contributed by atoms with van der Waals surface area (Å²) in [6.07, 6.45) is 3.83. The van der Waals surface area contributed by atoms with E-state index in [0.29, 0.717) is 12.6 Å². The molecule has 1 aromatic rings. The lowest BCUT2D eigenvalue weighted by atomic mass is 10.2. The first-order chi connectivity index (χ1) is 7.26. The van der Waals surface area contributed by atoms with Crippen molar-refractivity contribution < 1.29 is 0 Å². The molecule has 1 aliphatic heterocycles. The van der Waals surface area contributed by atoms with Crippen LogP contribution in [0.4, 0.5) is 5.13 Å². The van der Waals surface area contributed by atoms with Gasteiger partial charge in [0, 0.05) is 24.0 Å². The average Bonchev–Trinajstić information content (AvgIpc) is 2.82. The Hall–Kier alpha value is -0.610. The Morgan fingerprint density at radius 1 is 1.60 bits per heavy atom. The van der Waals surface area contributed by atoms with Gasteiger partial charge in [-0.2, -0.15) is 0 Å². The van der Waals surface area contributed by atoms with Crippen molar-refractivity contribution in [3.8, 4) is 0 Å². The number of aromatic nitrogens is 1. The molecule has 0 saturated carbocycles. The van der Waals surface area contributed by atoms with Crippen LogP contribution in [0, 0.1) is 6.92 Å². The molecule has 1 saturated heterocycles. The molecule has 0 spiro atoms. The molecule has 1 unspecified atom stereocenters.